The van der Waals surface area contributed by atoms with Crippen molar-refractivity contribution in [2.75, 3.05) is 37.6 Å². The number of pyridine rings is 1. The predicted molar refractivity (Wildman–Crippen MR) is 127 cm³/mol. The average Bonchev–Trinajstić information content (AvgIpc) is 3.05. The molecule has 2 aliphatic heterocycles. The first-order valence-corrected chi connectivity index (χ1v) is 13.4. The highest BCUT2D eigenvalue weighted by Crippen LogP contribution is 2.35. The van der Waals surface area contributed by atoms with Gasteiger partial charge in [-0.2, -0.15) is 22.6 Å². The molecule has 0 aliphatic carbocycles. The molecule has 0 spiro atoms. The molecule has 0 N–H and O–H groups in total. The summed E-state index contributed by atoms with van der Waals surface area (Å²) in [7, 11) is -1.87. The second-order valence-electron chi connectivity index (χ2n) is 9.32. The highest BCUT2D eigenvalue weighted by Gasteiger charge is 2.37. The van der Waals surface area contributed by atoms with Gasteiger partial charge in [0.2, 0.25) is 10.0 Å². The first kappa shape index (κ1) is 26.2. The maximum atomic E-state index is 13.3. The van der Waals surface area contributed by atoms with E-state index in [1.165, 1.54) is 0 Å². The minimum atomic E-state index is -4.49. The topological polar surface area (TPSA) is 74.6 Å². The summed E-state index contributed by atoms with van der Waals surface area (Å²) in [5.41, 5.74) is 0.272. The molecule has 0 amide bonds. The molecular formula is C22H30ClF3N6O2S. The highest BCUT2D eigenvalue weighted by molar-refractivity contribution is 7.89. The second kappa shape index (κ2) is 9.53. The van der Waals surface area contributed by atoms with Crippen LogP contribution in [0.4, 0.5) is 19.0 Å². The number of sulfonamides is 1. The average molecular weight is 535 g/mol. The number of rotatable bonds is 4. The van der Waals surface area contributed by atoms with Gasteiger partial charge >= 0.3 is 6.18 Å². The number of piperidine rings is 1. The lowest BCUT2D eigenvalue weighted by atomic mass is 10.0. The van der Waals surface area contributed by atoms with Crippen molar-refractivity contribution in [3.05, 3.63) is 34.2 Å². The summed E-state index contributed by atoms with van der Waals surface area (Å²) in [4.78, 5) is 8.58. The van der Waals surface area contributed by atoms with Gasteiger partial charge in [0.25, 0.3) is 0 Å². The van der Waals surface area contributed by atoms with Crippen molar-refractivity contribution >= 4 is 27.4 Å². The van der Waals surface area contributed by atoms with Crippen molar-refractivity contribution in [2.24, 2.45) is 7.05 Å². The van der Waals surface area contributed by atoms with Crippen LogP contribution >= 0.6 is 11.6 Å². The molecule has 13 heteroatoms. The molecule has 8 nitrogen and oxygen atoms in total. The molecule has 0 bridgehead atoms. The molecule has 2 fully saturated rings. The maximum Gasteiger partial charge on any atom is 0.417 e. The van der Waals surface area contributed by atoms with Gasteiger partial charge in [0, 0.05) is 58.1 Å². The summed E-state index contributed by atoms with van der Waals surface area (Å²) in [6.07, 6.45) is -2.24. The number of halogens is 4. The number of aromatic nitrogens is 3. The molecule has 0 radical (unpaired) electrons. The van der Waals surface area contributed by atoms with Crippen LogP contribution in [0.3, 0.4) is 0 Å². The summed E-state index contributed by atoms with van der Waals surface area (Å²) < 4.78 is 68.5. The Morgan fingerprint density at radius 3 is 2.29 bits per heavy atom. The van der Waals surface area contributed by atoms with Gasteiger partial charge in [0.05, 0.1) is 22.0 Å². The van der Waals surface area contributed by atoms with Crippen LogP contribution in [-0.2, 0) is 23.2 Å². The van der Waals surface area contributed by atoms with Crippen LogP contribution in [-0.4, -0.2) is 77.2 Å². The van der Waals surface area contributed by atoms with Crippen molar-refractivity contribution in [2.45, 2.75) is 56.8 Å². The van der Waals surface area contributed by atoms with Crippen molar-refractivity contribution in [3.8, 4) is 0 Å². The van der Waals surface area contributed by atoms with Crippen LogP contribution in [0, 0.1) is 13.8 Å². The summed E-state index contributed by atoms with van der Waals surface area (Å²) in [5, 5.41) is 4.24. The fourth-order valence-corrected chi connectivity index (χ4v) is 7.28. The molecule has 1 atom stereocenters. The Kier molecular flexibility index (Phi) is 7.13. The molecule has 4 rings (SSSR count). The first-order chi connectivity index (χ1) is 16.3. The van der Waals surface area contributed by atoms with E-state index < -0.39 is 21.8 Å². The van der Waals surface area contributed by atoms with Gasteiger partial charge in [0.15, 0.2) is 0 Å². The molecule has 0 aromatic carbocycles. The third-order valence-corrected chi connectivity index (χ3v) is 9.49. The summed E-state index contributed by atoms with van der Waals surface area (Å²) in [5.74, 6) is 0.356. The van der Waals surface area contributed by atoms with Crippen molar-refractivity contribution in [3.63, 3.8) is 0 Å². The Morgan fingerprint density at radius 2 is 1.77 bits per heavy atom. The molecule has 2 saturated heterocycles. The lowest BCUT2D eigenvalue weighted by Gasteiger charge is -2.46. The zero-order chi connectivity index (χ0) is 25.7. The van der Waals surface area contributed by atoms with Gasteiger partial charge in [-0.25, -0.2) is 13.4 Å². The normalized spacial score (nSPS) is 21.6. The van der Waals surface area contributed by atoms with E-state index in [9.17, 15) is 21.6 Å². The maximum absolute atomic E-state index is 13.3. The Bertz CT molecular complexity index is 1190. The van der Waals surface area contributed by atoms with E-state index in [4.69, 9.17) is 11.6 Å². The van der Waals surface area contributed by atoms with E-state index in [2.05, 4.69) is 15.0 Å². The lowest BCUT2D eigenvalue weighted by Crippen LogP contribution is -2.57. The van der Waals surface area contributed by atoms with Crippen LogP contribution in [0.15, 0.2) is 17.2 Å². The van der Waals surface area contributed by atoms with Crippen LogP contribution in [0.1, 0.15) is 36.7 Å². The van der Waals surface area contributed by atoms with Gasteiger partial charge < -0.3 is 4.90 Å². The van der Waals surface area contributed by atoms with Crippen LogP contribution in [0.2, 0.25) is 5.02 Å². The lowest BCUT2D eigenvalue weighted by molar-refractivity contribution is -0.137. The van der Waals surface area contributed by atoms with E-state index >= 15 is 0 Å². The third-order valence-electron chi connectivity index (χ3n) is 7.06. The molecule has 4 heterocycles. The molecule has 2 aliphatic rings. The molecule has 2 aromatic heterocycles. The number of nitrogens with zero attached hydrogens (tertiary/aromatic N) is 6. The monoisotopic (exact) mass is 534 g/mol. The first-order valence-electron chi connectivity index (χ1n) is 11.5. The Hall–Kier alpha value is -1.89. The van der Waals surface area contributed by atoms with Crippen LogP contribution in [0.25, 0.3) is 0 Å². The van der Waals surface area contributed by atoms with Crippen LogP contribution < -0.4 is 4.90 Å². The predicted octanol–water partition coefficient (Wildman–Crippen LogP) is 3.47. The molecule has 0 saturated carbocycles. The molecule has 2 aromatic rings. The minimum Gasteiger partial charge on any atom is -0.350 e. The second-order valence-corrected chi connectivity index (χ2v) is 11.6. The minimum absolute atomic E-state index is 0.00654. The van der Waals surface area contributed by atoms with Crippen molar-refractivity contribution in [1.29, 1.82) is 0 Å². The number of piperazine rings is 1. The third kappa shape index (κ3) is 5.03. The zero-order valence-electron chi connectivity index (χ0n) is 20.2. The molecule has 1 unspecified atom stereocenters. The Balaban J connectivity index is 1.39. The summed E-state index contributed by atoms with van der Waals surface area (Å²) in [6.45, 7) is 8.30. The highest BCUT2D eigenvalue weighted by atomic mass is 35.5. The van der Waals surface area contributed by atoms with Gasteiger partial charge in [-0.3, -0.25) is 9.58 Å². The van der Waals surface area contributed by atoms with Gasteiger partial charge in [-0.05, 0) is 39.7 Å². The summed E-state index contributed by atoms with van der Waals surface area (Å²) in [6, 6.07) is 1.15. The largest absolute Gasteiger partial charge is 0.417 e. The van der Waals surface area contributed by atoms with Gasteiger partial charge in [-0.1, -0.05) is 11.6 Å². The number of aryl methyl sites for hydroxylation is 2. The standard InChI is InChI=1S/C22H30ClF3N6O2S/c1-14-13-30(9-10-32(14)21-19(23)11-17(12-27-21)22(24,25)26)18-5-7-31(8-6-18)35(33,34)20-15(2)28-29(4)16(20)3/h11-12,14,18H,5-10,13H2,1-4H3. The van der Waals surface area contributed by atoms with Crippen LogP contribution in [0.5, 0.6) is 0 Å². The smallest absolute Gasteiger partial charge is 0.350 e. The SMILES string of the molecule is Cc1nn(C)c(C)c1S(=O)(=O)N1CCC(N2CCN(c3ncc(C(F)(F)F)cc3Cl)C(C)C2)CC1. The van der Waals surface area contributed by atoms with Crippen molar-refractivity contribution in [1.82, 2.24) is 24.0 Å². The zero-order valence-corrected chi connectivity index (χ0v) is 21.8. The fourth-order valence-electron chi connectivity index (χ4n) is 5.13. The fraction of sp³-hybridized carbons (Fsp3) is 0.636. The van der Waals surface area contributed by atoms with Gasteiger partial charge in [0.1, 0.15) is 10.7 Å². The number of hydrogen-bond donors (Lipinski definition) is 0. The molecule has 35 heavy (non-hydrogen) atoms. The number of hydrogen-bond acceptors (Lipinski definition) is 6. The van der Waals surface area contributed by atoms with E-state index in [0.29, 0.717) is 67.7 Å². The van der Waals surface area contributed by atoms with E-state index in [0.717, 1.165) is 12.3 Å². The van der Waals surface area contributed by atoms with Crippen molar-refractivity contribution < 1.29 is 21.6 Å². The number of anilines is 1. The quantitative estimate of drug-likeness (QED) is 0.598. The van der Waals surface area contributed by atoms with E-state index in [1.54, 1.807) is 29.9 Å². The Morgan fingerprint density at radius 1 is 1.11 bits per heavy atom. The van der Waals surface area contributed by atoms with Gasteiger partial charge in [-0.15, -0.1) is 0 Å². The molecular weight excluding hydrogens is 505 g/mol. The number of alkyl halides is 3. The molecule has 194 valence electrons. The van der Waals surface area contributed by atoms with E-state index in [1.807, 2.05) is 11.8 Å². The summed E-state index contributed by atoms with van der Waals surface area (Å²) >= 11 is 6.17. The Labute approximate surface area is 208 Å². The van der Waals surface area contributed by atoms with E-state index in [-0.39, 0.29) is 17.1 Å².